The van der Waals surface area contributed by atoms with E-state index in [4.69, 9.17) is 4.99 Å². The number of unbranched alkanes of at least 4 members (excludes halogenated alkanes) is 2. The number of allylic oxidation sites excluding steroid dienone is 1. The quantitative estimate of drug-likeness (QED) is 0.147. The normalized spacial score (nSPS) is 18.1. The SMILES string of the molecule is C#C.CCC1CCCCC1.Cc1ccc(PC(C)(C)C(C)(C)C)cc1CC1=CC(CCCCCC(C)C)N=C1. The molecule has 0 spiro atoms. The summed E-state index contributed by atoms with van der Waals surface area (Å²) in [5.74, 6) is 1.92. The summed E-state index contributed by atoms with van der Waals surface area (Å²) in [4.78, 5) is 4.77. The first kappa shape index (κ1) is 35.6. The Morgan fingerprint density at radius 2 is 1.64 bits per heavy atom. The van der Waals surface area contributed by atoms with Gasteiger partial charge in [-0.25, -0.2) is 0 Å². The lowest BCUT2D eigenvalue weighted by Crippen LogP contribution is -2.33. The lowest BCUT2D eigenvalue weighted by molar-refractivity contribution is 0.317. The Morgan fingerprint density at radius 3 is 2.21 bits per heavy atom. The standard InChI is InChI=1S/C27H44NP.C8H16.C2H2/c1-20(2)12-10-9-11-13-24-17-22(19-28-24)16-23-18-25(15-14-21(23)3)29-27(7,8)26(4,5)6;1-2-8-6-4-3-5-7-8;1-2/h14-15,17-20,24,29H,9-13,16H2,1-8H3;8H,2-7H2,1H3;1-2H. The second-order valence-corrected chi connectivity index (χ2v) is 15.9. The van der Waals surface area contributed by atoms with Gasteiger partial charge in [0, 0.05) is 6.21 Å². The molecule has 2 unspecified atom stereocenters. The average Bonchev–Trinajstić information content (AvgIpc) is 3.34. The van der Waals surface area contributed by atoms with Crippen LogP contribution in [0.5, 0.6) is 0 Å². The number of hydrogen-bond donors (Lipinski definition) is 0. The number of rotatable bonds is 11. The molecule has 0 amide bonds. The molecule has 1 nitrogen and oxygen atoms in total. The average molecular weight is 552 g/mol. The highest BCUT2D eigenvalue weighted by Crippen LogP contribution is 2.45. The van der Waals surface area contributed by atoms with E-state index in [1.807, 2.05) is 0 Å². The first-order valence-corrected chi connectivity index (χ1v) is 16.9. The van der Waals surface area contributed by atoms with Crippen LogP contribution in [0.3, 0.4) is 0 Å². The van der Waals surface area contributed by atoms with Crippen molar-refractivity contribution in [1.82, 2.24) is 0 Å². The van der Waals surface area contributed by atoms with Crippen LogP contribution in [0.15, 0.2) is 34.8 Å². The predicted molar refractivity (Wildman–Crippen MR) is 181 cm³/mol. The molecular formula is C37H62NP. The number of terminal acetylenes is 1. The zero-order valence-corrected chi connectivity index (χ0v) is 28.2. The Labute approximate surface area is 246 Å². The topological polar surface area (TPSA) is 12.4 Å². The number of benzene rings is 1. The van der Waals surface area contributed by atoms with Crippen molar-refractivity contribution >= 4 is 20.1 Å². The van der Waals surface area contributed by atoms with E-state index in [1.165, 1.54) is 92.6 Å². The van der Waals surface area contributed by atoms with Gasteiger partial charge in [-0.2, -0.15) is 0 Å². The van der Waals surface area contributed by atoms with Gasteiger partial charge in [-0.15, -0.1) is 12.8 Å². The highest BCUT2D eigenvalue weighted by molar-refractivity contribution is 7.49. The minimum Gasteiger partial charge on any atom is -0.285 e. The van der Waals surface area contributed by atoms with Crippen molar-refractivity contribution in [3.8, 4) is 12.8 Å². The highest BCUT2D eigenvalue weighted by atomic mass is 31.1. The summed E-state index contributed by atoms with van der Waals surface area (Å²) in [6.07, 6.45) is 29.1. The Balaban J connectivity index is 0.000000641. The third-order valence-electron chi connectivity index (χ3n) is 9.00. The van der Waals surface area contributed by atoms with Crippen LogP contribution in [0, 0.1) is 37.0 Å². The maximum Gasteiger partial charge on any atom is 0.0686 e. The highest BCUT2D eigenvalue weighted by Gasteiger charge is 2.32. The van der Waals surface area contributed by atoms with Crippen LogP contribution in [0.25, 0.3) is 0 Å². The number of aliphatic imine (C=N–C) groups is 1. The predicted octanol–water partition coefficient (Wildman–Crippen LogP) is 10.9. The van der Waals surface area contributed by atoms with Gasteiger partial charge in [-0.1, -0.05) is 152 Å². The largest absolute Gasteiger partial charge is 0.285 e. The summed E-state index contributed by atoms with van der Waals surface area (Å²) in [5, 5.41) is 1.79. The van der Waals surface area contributed by atoms with Crippen LogP contribution in [-0.2, 0) is 6.42 Å². The monoisotopic (exact) mass is 551 g/mol. The Hall–Kier alpha value is -1.38. The van der Waals surface area contributed by atoms with E-state index >= 15 is 0 Å². The van der Waals surface area contributed by atoms with E-state index in [0.29, 0.717) is 16.6 Å². The van der Waals surface area contributed by atoms with Gasteiger partial charge in [0.2, 0.25) is 0 Å². The molecule has 0 radical (unpaired) electrons. The minimum atomic E-state index is 0.300. The first-order valence-electron chi connectivity index (χ1n) is 15.9. The van der Waals surface area contributed by atoms with Crippen LogP contribution < -0.4 is 5.30 Å². The zero-order chi connectivity index (χ0) is 29.5. The van der Waals surface area contributed by atoms with Crippen molar-refractivity contribution in [2.24, 2.45) is 22.2 Å². The van der Waals surface area contributed by atoms with E-state index in [2.05, 4.69) is 106 Å². The molecule has 2 aliphatic rings. The summed E-state index contributed by atoms with van der Waals surface area (Å²) in [7, 11) is 0.828. The Bertz CT molecular complexity index is 890. The third-order valence-corrected chi connectivity index (χ3v) is 11.0. The van der Waals surface area contributed by atoms with Gasteiger partial charge in [0.15, 0.2) is 0 Å². The molecule has 2 heteroatoms. The van der Waals surface area contributed by atoms with Crippen molar-refractivity contribution in [2.75, 3.05) is 0 Å². The fourth-order valence-corrected chi connectivity index (χ4v) is 6.68. The van der Waals surface area contributed by atoms with E-state index in [9.17, 15) is 0 Å². The fraction of sp³-hybridized carbons (Fsp3) is 0.703. The molecule has 0 bridgehead atoms. The van der Waals surface area contributed by atoms with Crippen molar-refractivity contribution in [3.63, 3.8) is 0 Å². The second-order valence-electron chi connectivity index (χ2n) is 13.8. The lowest BCUT2D eigenvalue weighted by Gasteiger charge is -2.39. The summed E-state index contributed by atoms with van der Waals surface area (Å²) < 4.78 is 0. The fourth-order valence-electron chi connectivity index (χ4n) is 5.17. The molecule has 2 atom stereocenters. The molecule has 0 N–H and O–H groups in total. The summed E-state index contributed by atoms with van der Waals surface area (Å²) >= 11 is 0. The van der Waals surface area contributed by atoms with Crippen molar-refractivity contribution < 1.29 is 0 Å². The van der Waals surface area contributed by atoms with Crippen molar-refractivity contribution in [1.29, 1.82) is 0 Å². The summed E-state index contributed by atoms with van der Waals surface area (Å²) in [6, 6.07) is 7.51. The lowest BCUT2D eigenvalue weighted by atomic mass is 9.82. The van der Waals surface area contributed by atoms with Gasteiger partial charge >= 0.3 is 0 Å². The van der Waals surface area contributed by atoms with Crippen LogP contribution in [0.4, 0.5) is 0 Å². The van der Waals surface area contributed by atoms with Crippen LogP contribution >= 0.6 is 8.58 Å². The van der Waals surface area contributed by atoms with Gasteiger partial charge in [0.25, 0.3) is 0 Å². The van der Waals surface area contributed by atoms with Gasteiger partial charge in [0.1, 0.15) is 0 Å². The van der Waals surface area contributed by atoms with Crippen molar-refractivity contribution in [3.05, 3.63) is 41.0 Å². The third kappa shape index (κ3) is 13.7. The molecule has 1 saturated carbocycles. The van der Waals surface area contributed by atoms with Crippen LogP contribution in [0.2, 0.25) is 0 Å². The molecule has 39 heavy (non-hydrogen) atoms. The Morgan fingerprint density at radius 1 is 0.974 bits per heavy atom. The van der Waals surface area contributed by atoms with Crippen molar-refractivity contribution in [2.45, 2.75) is 151 Å². The van der Waals surface area contributed by atoms with Gasteiger partial charge in [-0.05, 0) is 64.2 Å². The molecule has 1 aliphatic carbocycles. The van der Waals surface area contributed by atoms with E-state index < -0.39 is 0 Å². The molecule has 0 aromatic heterocycles. The van der Waals surface area contributed by atoms with E-state index in [1.54, 1.807) is 0 Å². The molecule has 1 aliphatic heterocycles. The second kappa shape index (κ2) is 18.1. The summed E-state index contributed by atoms with van der Waals surface area (Å²) in [6.45, 7) is 21.1. The van der Waals surface area contributed by atoms with Crippen LogP contribution in [-0.4, -0.2) is 17.4 Å². The number of hydrogen-bond acceptors (Lipinski definition) is 1. The molecule has 1 fully saturated rings. The van der Waals surface area contributed by atoms with Gasteiger partial charge < -0.3 is 0 Å². The van der Waals surface area contributed by atoms with E-state index in [-0.39, 0.29) is 0 Å². The number of nitrogens with zero attached hydrogens (tertiary/aromatic N) is 1. The maximum absolute atomic E-state index is 4.77. The molecule has 1 aromatic rings. The summed E-state index contributed by atoms with van der Waals surface area (Å²) in [5.41, 5.74) is 4.57. The molecule has 3 rings (SSSR count). The molecule has 1 aromatic carbocycles. The molecule has 220 valence electrons. The molecule has 1 heterocycles. The van der Waals surface area contributed by atoms with E-state index in [0.717, 1.165) is 26.8 Å². The smallest absolute Gasteiger partial charge is 0.0686 e. The first-order chi connectivity index (χ1) is 18.4. The maximum atomic E-state index is 4.77. The Kier molecular flexibility index (Phi) is 16.6. The number of aryl methyl sites for hydroxylation is 1. The van der Waals surface area contributed by atoms with Crippen LogP contribution in [0.1, 0.15) is 137 Å². The molecular weight excluding hydrogens is 489 g/mol. The minimum absolute atomic E-state index is 0.300. The molecule has 0 saturated heterocycles. The van der Waals surface area contributed by atoms with Gasteiger partial charge in [0.05, 0.1) is 6.04 Å². The zero-order valence-electron chi connectivity index (χ0n) is 27.2. The van der Waals surface area contributed by atoms with Gasteiger partial charge in [-0.3, -0.25) is 4.99 Å².